The molecule has 0 saturated heterocycles. The van der Waals surface area contributed by atoms with Crippen molar-refractivity contribution in [3.63, 3.8) is 0 Å². The number of rotatable bonds is 5. The molecule has 0 fully saturated rings. The third-order valence-electron chi connectivity index (χ3n) is 3.71. The Kier molecular flexibility index (Phi) is 6.27. The highest BCUT2D eigenvalue weighted by atomic mass is 35.5. The molecule has 1 aromatic carbocycles. The lowest BCUT2D eigenvalue weighted by Gasteiger charge is -2.09. The average molecular weight is 345 g/mol. The first-order valence-corrected chi connectivity index (χ1v) is 7.53. The monoisotopic (exact) mass is 344 g/mol. The summed E-state index contributed by atoms with van der Waals surface area (Å²) in [6, 6.07) is 13.7. The average Bonchev–Trinajstić information content (AvgIpc) is 2.57. The standard InChI is InChI=1S/C19H17FN2O.ClH/c20-18-5-1-3-17(11-18)14-22-13-16(8-9-19(22)23)7-6-15-4-2-10-21-12-15;/h1-5,8-13H,6-7,14H2;1H. The summed E-state index contributed by atoms with van der Waals surface area (Å²) in [7, 11) is 0. The van der Waals surface area contributed by atoms with Gasteiger partial charge in [0.05, 0.1) is 6.54 Å². The van der Waals surface area contributed by atoms with E-state index in [4.69, 9.17) is 0 Å². The maximum absolute atomic E-state index is 13.3. The molecule has 0 unspecified atom stereocenters. The van der Waals surface area contributed by atoms with Crippen LogP contribution in [-0.4, -0.2) is 9.55 Å². The van der Waals surface area contributed by atoms with Crippen molar-refractivity contribution in [2.75, 3.05) is 0 Å². The fourth-order valence-electron chi connectivity index (χ4n) is 2.52. The van der Waals surface area contributed by atoms with Gasteiger partial charge >= 0.3 is 0 Å². The highest BCUT2D eigenvalue weighted by molar-refractivity contribution is 5.85. The van der Waals surface area contributed by atoms with Gasteiger partial charge in [-0.15, -0.1) is 12.4 Å². The first kappa shape index (κ1) is 17.9. The summed E-state index contributed by atoms with van der Waals surface area (Å²) in [6.45, 7) is 0.372. The number of nitrogens with zero attached hydrogens (tertiary/aromatic N) is 2. The van der Waals surface area contributed by atoms with Crippen LogP contribution in [0.1, 0.15) is 16.7 Å². The molecule has 3 rings (SSSR count). The molecular formula is C19H18ClFN2O. The highest BCUT2D eigenvalue weighted by Crippen LogP contribution is 2.08. The van der Waals surface area contributed by atoms with Crippen LogP contribution in [0.3, 0.4) is 0 Å². The van der Waals surface area contributed by atoms with E-state index in [1.54, 1.807) is 22.9 Å². The molecule has 0 N–H and O–H groups in total. The summed E-state index contributed by atoms with van der Waals surface area (Å²) in [5, 5.41) is 0. The zero-order chi connectivity index (χ0) is 16.1. The Balaban J connectivity index is 0.00000208. The molecule has 0 radical (unpaired) electrons. The molecule has 5 heteroatoms. The lowest BCUT2D eigenvalue weighted by Crippen LogP contribution is -2.19. The van der Waals surface area contributed by atoms with Gasteiger partial charge in [-0.25, -0.2) is 4.39 Å². The predicted molar refractivity (Wildman–Crippen MR) is 95.1 cm³/mol. The number of hydrogen-bond acceptors (Lipinski definition) is 2. The summed E-state index contributed by atoms with van der Waals surface area (Å²) < 4.78 is 14.9. The zero-order valence-corrected chi connectivity index (χ0v) is 13.9. The normalized spacial score (nSPS) is 10.2. The SMILES string of the molecule is Cl.O=c1ccc(CCc2cccnc2)cn1Cc1cccc(F)c1. The predicted octanol–water partition coefficient (Wildman–Crippen LogP) is 3.64. The smallest absolute Gasteiger partial charge is 0.250 e. The van der Waals surface area contributed by atoms with Crippen molar-refractivity contribution in [3.05, 3.63) is 100.0 Å². The molecular weight excluding hydrogens is 327 g/mol. The molecule has 3 aromatic rings. The second-order valence-corrected chi connectivity index (χ2v) is 5.49. The van der Waals surface area contributed by atoms with Crippen molar-refractivity contribution in [2.24, 2.45) is 0 Å². The zero-order valence-electron chi connectivity index (χ0n) is 13.1. The van der Waals surface area contributed by atoms with Crippen LogP contribution in [-0.2, 0) is 19.4 Å². The second-order valence-electron chi connectivity index (χ2n) is 5.49. The molecule has 0 atom stereocenters. The number of aromatic nitrogens is 2. The fourth-order valence-corrected chi connectivity index (χ4v) is 2.52. The van der Waals surface area contributed by atoms with Gasteiger partial charge in [-0.1, -0.05) is 24.3 Å². The van der Waals surface area contributed by atoms with E-state index in [9.17, 15) is 9.18 Å². The van der Waals surface area contributed by atoms with E-state index in [1.165, 1.54) is 12.1 Å². The molecule has 0 saturated carbocycles. The number of hydrogen-bond donors (Lipinski definition) is 0. The molecule has 2 aromatic heterocycles. The first-order valence-electron chi connectivity index (χ1n) is 7.53. The number of benzene rings is 1. The van der Waals surface area contributed by atoms with Crippen molar-refractivity contribution >= 4 is 12.4 Å². The lowest BCUT2D eigenvalue weighted by atomic mass is 10.1. The molecule has 124 valence electrons. The molecule has 0 spiro atoms. The van der Waals surface area contributed by atoms with Crippen LogP contribution < -0.4 is 5.56 Å². The number of aryl methyl sites for hydroxylation is 2. The van der Waals surface area contributed by atoms with E-state index in [1.807, 2.05) is 36.7 Å². The van der Waals surface area contributed by atoms with E-state index in [-0.39, 0.29) is 23.8 Å². The van der Waals surface area contributed by atoms with Gasteiger partial charge in [0.2, 0.25) is 0 Å². The Morgan fingerprint density at radius 1 is 0.958 bits per heavy atom. The molecule has 3 nitrogen and oxygen atoms in total. The van der Waals surface area contributed by atoms with Gasteiger partial charge in [0.25, 0.3) is 5.56 Å². The summed E-state index contributed by atoms with van der Waals surface area (Å²) in [5.41, 5.74) is 2.93. The number of pyridine rings is 2. The third kappa shape index (κ3) is 4.77. The number of halogens is 2. The fraction of sp³-hybridized carbons (Fsp3) is 0.158. The minimum absolute atomic E-state index is 0. The van der Waals surface area contributed by atoms with Crippen molar-refractivity contribution < 1.29 is 4.39 Å². The first-order chi connectivity index (χ1) is 11.2. The third-order valence-corrected chi connectivity index (χ3v) is 3.71. The van der Waals surface area contributed by atoms with E-state index < -0.39 is 0 Å². The van der Waals surface area contributed by atoms with Gasteiger partial charge in [-0.3, -0.25) is 9.78 Å². The molecule has 0 aliphatic heterocycles. The minimum Gasteiger partial charge on any atom is -0.311 e. The minimum atomic E-state index is -0.289. The largest absolute Gasteiger partial charge is 0.311 e. The quantitative estimate of drug-likeness (QED) is 0.708. The summed E-state index contributed by atoms with van der Waals surface area (Å²) >= 11 is 0. The van der Waals surface area contributed by atoms with Crippen LogP contribution >= 0.6 is 12.4 Å². The Morgan fingerprint density at radius 3 is 2.50 bits per heavy atom. The van der Waals surface area contributed by atoms with Crippen LogP contribution in [0, 0.1) is 5.82 Å². The lowest BCUT2D eigenvalue weighted by molar-refractivity contribution is 0.622. The Bertz CT molecular complexity index is 849. The highest BCUT2D eigenvalue weighted by Gasteiger charge is 2.02. The van der Waals surface area contributed by atoms with Gasteiger partial charge in [-0.2, -0.15) is 0 Å². The van der Waals surface area contributed by atoms with E-state index in [2.05, 4.69) is 4.98 Å². The molecule has 24 heavy (non-hydrogen) atoms. The van der Waals surface area contributed by atoms with Crippen molar-refractivity contribution in [2.45, 2.75) is 19.4 Å². The van der Waals surface area contributed by atoms with Gasteiger partial charge in [-0.05, 0) is 47.7 Å². The Labute approximate surface area is 146 Å². The molecule has 0 amide bonds. The van der Waals surface area contributed by atoms with Crippen molar-refractivity contribution in [1.82, 2.24) is 9.55 Å². The maximum Gasteiger partial charge on any atom is 0.250 e. The molecule has 0 aliphatic carbocycles. The van der Waals surface area contributed by atoms with Gasteiger partial charge in [0.15, 0.2) is 0 Å². The van der Waals surface area contributed by atoms with Gasteiger partial charge < -0.3 is 4.57 Å². The molecule has 2 heterocycles. The van der Waals surface area contributed by atoms with E-state index >= 15 is 0 Å². The van der Waals surface area contributed by atoms with Crippen LogP contribution in [0.4, 0.5) is 4.39 Å². The molecule has 0 bridgehead atoms. The summed E-state index contributed by atoms with van der Waals surface area (Å²) in [5.74, 6) is -0.289. The summed E-state index contributed by atoms with van der Waals surface area (Å²) in [6.07, 6.45) is 7.15. The van der Waals surface area contributed by atoms with Gasteiger partial charge in [0.1, 0.15) is 5.82 Å². The van der Waals surface area contributed by atoms with Crippen LogP contribution in [0.15, 0.2) is 71.9 Å². The van der Waals surface area contributed by atoms with Gasteiger partial charge in [0, 0.05) is 24.7 Å². The van der Waals surface area contributed by atoms with E-state index in [0.717, 1.165) is 29.5 Å². The van der Waals surface area contributed by atoms with Crippen LogP contribution in [0.2, 0.25) is 0 Å². The second kappa shape index (κ2) is 8.41. The Hall–Kier alpha value is -2.46. The molecule has 0 aliphatic rings. The Morgan fingerprint density at radius 2 is 1.75 bits per heavy atom. The topological polar surface area (TPSA) is 34.9 Å². The van der Waals surface area contributed by atoms with Crippen LogP contribution in [0.25, 0.3) is 0 Å². The summed E-state index contributed by atoms with van der Waals surface area (Å²) in [4.78, 5) is 16.1. The van der Waals surface area contributed by atoms with Crippen molar-refractivity contribution in [1.29, 1.82) is 0 Å². The maximum atomic E-state index is 13.3. The van der Waals surface area contributed by atoms with Crippen molar-refractivity contribution in [3.8, 4) is 0 Å². The van der Waals surface area contributed by atoms with Crippen LogP contribution in [0.5, 0.6) is 0 Å². The van der Waals surface area contributed by atoms with E-state index in [0.29, 0.717) is 6.54 Å².